The van der Waals surface area contributed by atoms with Crippen LogP contribution in [0.3, 0.4) is 0 Å². The van der Waals surface area contributed by atoms with Crippen molar-refractivity contribution in [1.29, 1.82) is 0 Å². The average molecular weight is 296 g/mol. The molecule has 4 heteroatoms. The summed E-state index contributed by atoms with van der Waals surface area (Å²) < 4.78 is 31.7. The minimum atomic E-state index is -0.920. The molecule has 21 heavy (non-hydrogen) atoms. The number of hydrogen-bond acceptors (Lipinski definition) is 2. The second-order valence-corrected chi connectivity index (χ2v) is 6.71. The van der Waals surface area contributed by atoms with Gasteiger partial charge in [0.25, 0.3) is 0 Å². The minimum Gasteiger partial charge on any atom is -0.370 e. The van der Waals surface area contributed by atoms with Crippen LogP contribution in [0.2, 0.25) is 0 Å². The molecular weight excluding hydrogens is 274 g/mol. The minimum absolute atomic E-state index is 0.0495. The third kappa shape index (κ3) is 3.49. The number of carbonyl (C=O) groups excluding carboxylic acids is 1. The predicted molar refractivity (Wildman–Crippen MR) is 77.1 cm³/mol. The van der Waals surface area contributed by atoms with Gasteiger partial charge in [-0.15, -0.1) is 0 Å². The lowest BCUT2D eigenvalue weighted by atomic mass is 9.69. The summed E-state index contributed by atoms with van der Waals surface area (Å²) in [5.74, 6) is -1.87. The number of Topliss-reactive ketones (excluding diaryl/α,β-unsaturated/α-hetero) is 1. The van der Waals surface area contributed by atoms with Crippen LogP contribution in [0.1, 0.15) is 45.1 Å². The van der Waals surface area contributed by atoms with Gasteiger partial charge in [-0.1, -0.05) is 19.9 Å². The van der Waals surface area contributed by atoms with Crippen molar-refractivity contribution in [1.82, 2.24) is 0 Å². The van der Waals surface area contributed by atoms with Gasteiger partial charge in [-0.05, 0) is 48.8 Å². The lowest BCUT2D eigenvalue weighted by molar-refractivity contribution is -0.147. The van der Waals surface area contributed by atoms with E-state index in [9.17, 15) is 13.6 Å². The van der Waals surface area contributed by atoms with E-state index in [2.05, 4.69) is 13.8 Å². The number of methoxy groups -OCH3 is 1. The van der Waals surface area contributed by atoms with Gasteiger partial charge < -0.3 is 4.74 Å². The molecule has 1 aromatic carbocycles. The maximum Gasteiger partial charge on any atom is 0.168 e. The van der Waals surface area contributed by atoms with Gasteiger partial charge in [-0.25, -0.2) is 8.78 Å². The van der Waals surface area contributed by atoms with Crippen molar-refractivity contribution in [3.05, 3.63) is 35.4 Å². The Kier molecular flexibility index (Phi) is 4.47. The van der Waals surface area contributed by atoms with Crippen molar-refractivity contribution in [2.24, 2.45) is 5.41 Å². The smallest absolute Gasteiger partial charge is 0.168 e. The lowest BCUT2D eigenvalue weighted by Gasteiger charge is -2.41. The van der Waals surface area contributed by atoms with Crippen molar-refractivity contribution < 1.29 is 18.3 Å². The van der Waals surface area contributed by atoms with E-state index in [1.807, 2.05) is 0 Å². The van der Waals surface area contributed by atoms with Gasteiger partial charge >= 0.3 is 0 Å². The largest absolute Gasteiger partial charge is 0.370 e. The van der Waals surface area contributed by atoms with E-state index >= 15 is 0 Å². The molecule has 2 rings (SSSR count). The molecule has 0 heterocycles. The van der Waals surface area contributed by atoms with Crippen LogP contribution >= 0.6 is 0 Å². The zero-order valence-corrected chi connectivity index (χ0v) is 12.8. The Labute approximate surface area is 124 Å². The Hall–Kier alpha value is -1.29. The Morgan fingerprint density at radius 1 is 1.14 bits per heavy atom. The summed E-state index contributed by atoms with van der Waals surface area (Å²) in [7, 11) is 1.56. The number of halogens is 2. The third-order valence-electron chi connectivity index (χ3n) is 4.66. The first-order chi connectivity index (χ1) is 9.78. The standard InChI is InChI=1S/C17H22F2O2/c1-16(2)6-8-17(21-3,9-7-16)15(20)11-12-4-5-13(18)14(19)10-12/h4-5,10H,6-9,11H2,1-3H3. The Morgan fingerprint density at radius 3 is 2.29 bits per heavy atom. The number of benzene rings is 1. The highest BCUT2D eigenvalue weighted by Crippen LogP contribution is 2.42. The SMILES string of the molecule is COC1(C(=O)Cc2ccc(F)c(F)c2)CCC(C)(C)CC1. The van der Waals surface area contributed by atoms with Crippen LogP contribution in [0, 0.1) is 17.0 Å². The Bertz CT molecular complexity index is 528. The molecule has 0 unspecified atom stereocenters. The summed E-state index contributed by atoms with van der Waals surface area (Å²) in [5, 5.41) is 0. The Balaban J connectivity index is 2.12. The van der Waals surface area contributed by atoms with Gasteiger partial charge in [0.05, 0.1) is 0 Å². The first-order valence-electron chi connectivity index (χ1n) is 7.30. The van der Waals surface area contributed by atoms with Crippen LogP contribution in [0.25, 0.3) is 0 Å². The third-order valence-corrected chi connectivity index (χ3v) is 4.66. The molecule has 0 spiro atoms. The number of ether oxygens (including phenoxy) is 1. The van der Waals surface area contributed by atoms with Gasteiger partial charge in [0, 0.05) is 13.5 Å². The van der Waals surface area contributed by atoms with Gasteiger partial charge in [0.2, 0.25) is 0 Å². The molecule has 0 N–H and O–H groups in total. The topological polar surface area (TPSA) is 26.3 Å². The molecule has 0 amide bonds. The van der Waals surface area contributed by atoms with Gasteiger partial charge in [-0.2, -0.15) is 0 Å². The van der Waals surface area contributed by atoms with Crippen LogP contribution in [0.4, 0.5) is 8.78 Å². The maximum atomic E-state index is 13.2. The van der Waals surface area contributed by atoms with E-state index in [1.165, 1.54) is 6.07 Å². The number of rotatable bonds is 4. The van der Waals surface area contributed by atoms with Gasteiger partial charge in [0.15, 0.2) is 17.4 Å². The van der Waals surface area contributed by atoms with E-state index in [4.69, 9.17) is 4.74 Å². The highest BCUT2D eigenvalue weighted by Gasteiger charge is 2.43. The number of carbonyl (C=O) groups is 1. The fraction of sp³-hybridized carbons (Fsp3) is 0.588. The fourth-order valence-electron chi connectivity index (χ4n) is 2.92. The second-order valence-electron chi connectivity index (χ2n) is 6.71. The summed E-state index contributed by atoms with van der Waals surface area (Å²) >= 11 is 0. The molecule has 1 aliphatic carbocycles. The molecule has 0 aliphatic heterocycles. The average Bonchev–Trinajstić information content (AvgIpc) is 2.43. The molecule has 0 atom stereocenters. The van der Waals surface area contributed by atoms with Crippen molar-refractivity contribution in [3.63, 3.8) is 0 Å². The summed E-state index contributed by atoms with van der Waals surface area (Å²) in [4.78, 5) is 12.6. The highest BCUT2D eigenvalue weighted by molar-refractivity contribution is 5.89. The van der Waals surface area contributed by atoms with Crippen molar-refractivity contribution in [2.45, 2.75) is 51.6 Å². The zero-order valence-electron chi connectivity index (χ0n) is 12.8. The predicted octanol–water partition coefficient (Wildman–Crippen LogP) is 4.06. The monoisotopic (exact) mass is 296 g/mol. The molecule has 0 bridgehead atoms. The number of hydrogen-bond donors (Lipinski definition) is 0. The van der Waals surface area contributed by atoms with Crippen molar-refractivity contribution in [3.8, 4) is 0 Å². The van der Waals surface area contributed by atoms with E-state index in [1.54, 1.807) is 7.11 Å². The quantitative estimate of drug-likeness (QED) is 0.837. The van der Waals surface area contributed by atoms with Crippen molar-refractivity contribution >= 4 is 5.78 Å². The molecule has 0 aromatic heterocycles. The van der Waals surface area contributed by atoms with Crippen LogP contribution in [-0.4, -0.2) is 18.5 Å². The molecule has 116 valence electrons. The second kappa shape index (κ2) is 5.84. The van der Waals surface area contributed by atoms with Crippen molar-refractivity contribution in [2.75, 3.05) is 7.11 Å². The first-order valence-corrected chi connectivity index (χ1v) is 7.30. The molecule has 0 radical (unpaired) electrons. The van der Waals surface area contributed by atoms with Crippen LogP contribution in [0.15, 0.2) is 18.2 Å². The highest BCUT2D eigenvalue weighted by atomic mass is 19.2. The molecule has 0 saturated heterocycles. The normalized spacial score (nSPS) is 20.2. The van der Waals surface area contributed by atoms with E-state index in [0.717, 1.165) is 25.0 Å². The molecule has 1 fully saturated rings. The first kappa shape index (κ1) is 16.1. The van der Waals surface area contributed by atoms with Crippen LogP contribution < -0.4 is 0 Å². The zero-order chi connectivity index (χ0) is 15.7. The molecule has 1 saturated carbocycles. The van der Waals surface area contributed by atoms with Gasteiger partial charge in [0.1, 0.15) is 5.60 Å². The summed E-state index contributed by atoms with van der Waals surface area (Å²) in [5.41, 5.74) is -0.0647. The summed E-state index contributed by atoms with van der Waals surface area (Å²) in [6.07, 6.45) is 3.28. The van der Waals surface area contributed by atoms with E-state index in [-0.39, 0.29) is 17.6 Å². The summed E-state index contributed by atoms with van der Waals surface area (Å²) in [6, 6.07) is 3.59. The molecular formula is C17H22F2O2. The molecule has 2 nitrogen and oxygen atoms in total. The fourth-order valence-corrected chi connectivity index (χ4v) is 2.92. The summed E-state index contributed by atoms with van der Waals surface area (Å²) in [6.45, 7) is 4.37. The number of ketones is 1. The maximum absolute atomic E-state index is 13.2. The van der Waals surface area contributed by atoms with Crippen LogP contribution in [0.5, 0.6) is 0 Å². The molecule has 1 aromatic rings. The van der Waals surface area contributed by atoms with E-state index < -0.39 is 17.2 Å². The van der Waals surface area contributed by atoms with Gasteiger partial charge in [-0.3, -0.25) is 4.79 Å². The van der Waals surface area contributed by atoms with E-state index in [0.29, 0.717) is 18.4 Å². The Morgan fingerprint density at radius 2 is 1.76 bits per heavy atom. The lowest BCUT2D eigenvalue weighted by Crippen LogP contribution is -2.46. The molecule has 1 aliphatic rings. The van der Waals surface area contributed by atoms with Crippen LogP contribution in [-0.2, 0) is 16.0 Å².